The van der Waals surface area contributed by atoms with E-state index in [-0.39, 0.29) is 17.6 Å². The van der Waals surface area contributed by atoms with E-state index in [1.165, 1.54) is 4.31 Å². The Bertz CT molecular complexity index is 760. The van der Waals surface area contributed by atoms with Gasteiger partial charge in [-0.05, 0) is 30.5 Å². The Kier molecular flexibility index (Phi) is 7.87. The van der Waals surface area contributed by atoms with Crippen molar-refractivity contribution in [3.63, 3.8) is 0 Å². The molecule has 2 saturated heterocycles. The van der Waals surface area contributed by atoms with E-state index in [9.17, 15) is 13.2 Å². The number of nitrogens with one attached hydrogen (secondary N) is 1. The minimum Gasteiger partial charge on any atom is -0.379 e. The molecule has 0 unspecified atom stereocenters. The zero-order valence-corrected chi connectivity index (χ0v) is 18.4. The first-order valence-electron chi connectivity index (χ1n) is 9.74. The number of nitrogens with zero attached hydrogens (tertiary/aromatic N) is 2. The van der Waals surface area contributed by atoms with Crippen LogP contribution < -0.4 is 5.32 Å². The molecule has 2 aliphatic heterocycles. The van der Waals surface area contributed by atoms with Crippen molar-refractivity contribution in [1.29, 1.82) is 0 Å². The fourth-order valence-electron chi connectivity index (χ4n) is 3.63. The summed E-state index contributed by atoms with van der Waals surface area (Å²) in [5.74, 6) is -0.0811. The molecule has 1 N–H and O–H groups in total. The van der Waals surface area contributed by atoms with Gasteiger partial charge in [0.2, 0.25) is 15.9 Å². The number of hydrogen-bond acceptors (Lipinski definition) is 5. The summed E-state index contributed by atoms with van der Waals surface area (Å²) >= 11 is 3.37. The monoisotopic (exact) mass is 473 g/mol. The molecule has 156 valence electrons. The zero-order valence-electron chi connectivity index (χ0n) is 16.0. The highest BCUT2D eigenvalue weighted by atomic mass is 79.9. The number of carbonyl (C=O) groups excluding carboxylic acids is 1. The van der Waals surface area contributed by atoms with Gasteiger partial charge in [-0.3, -0.25) is 9.69 Å². The number of carbonyl (C=O) groups is 1. The van der Waals surface area contributed by atoms with Crippen molar-refractivity contribution in [2.75, 3.05) is 52.5 Å². The molecule has 0 saturated carbocycles. The van der Waals surface area contributed by atoms with E-state index < -0.39 is 10.0 Å². The van der Waals surface area contributed by atoms with Gasteiger partial charge < -0.3 is 10.1 Å². The Morgan fingerprint density at radius 1 is 1.18 bits per heavy atom. The van der Waals surface area contributed by atoms with Crippen LogP contribution in [0.25, 0.3) is 0 Å². The molecule has 0 aliphatic carbocycles. The molecular weight excluding hydrogens is 446 g/mol. The van der Waals surface area contributed by atoms with Gasteiger partial charge >= 0.3 is 0 Å². The molecule has 2 aliphatic rings. The van der Waals surface area contributed by atoms with Crippen LogP contribution in [0, 0.1) is 5.92 Å². The standard InChI is InChI=1S/C19H28BrN3O4S/c20-18-3-1-2-16(14-18)15-28(25,26)23-7-4-17(5-8-23)19(24)21-6-9-22-10-12-27-13-11-22/h1-3,14,17H,4-13,15H2,(H,21,24). The number of hydrogen-bond donors (Lipinski definition) is 1. The first-order valence-corrected chi connectivity index (χ1v) is 12.1. The van der Waals surface area contributed by atoms with Crippen LogP contribution in [0.1, 0.15) is 18.4 Å². The molecule has 2 fully saturated rings. The molecule has 0 aromatic heterocycles. The molecule has 3 rings (SSSR count). The summed E-state index contributed by atoms with van der Waals surface area (Å²) in [7, 11) is -3.37. The lowest BCUT2D eigenvalue weighted by Gasteiger charge is -2.31. The van der Waals surface area contributed by atoms with Crippen LogP contribution in [-0.2, 0) is 25.3 Å². The molecule has 0 atom stereocenters. The highest BCUT2D eigenvalue weighted by molar-refractivity contribution is 9.10. The fraction of sp³-hybridized carbons (Fsp3) is 0.632. The van der Waals surface area contributed by atoms with E-state index in [1.807, 2.05) is 24.3 Å². The third-order valence-corrected chi connectivity index (χ3v) is 7.63. The zero-order chi connectivity index (χ0) is 20.0. The number of amides is 1. The number of benzene rings is 1. The lowest BCUT2D eigenvalue weighted by molar-refractivity contribution is -0.126. The van der Waals surface area contributed by atoms with Crippen molar-refractivity contribution in [3.8, 4) is 0 Å². The van der Waals surface area contributed by atoms with Gasteiger partial charge in [0.15, 0.2) is 0 Å². The van der Waals surface area contributed by atoms with Gasteiger partial charge in [0, 0.05) is 49.7 Å². The summed E-state index contributed by atoms with van der Waals surface area (Å²) < 4.78 is 33.1. The summed E-state index contributed by atoms with van der Waals surface area (Å²) in [5.41, 5.74) is 0.761. The van der Waals surface area contributed by atoms with Crippen LogP contribution in [0.5, 0.6) is 0 Å². The second-order valence-electron chi connectivity index (χ2n) is 7.30. The topological polar surface area (TPSA) is 79.0 Å². The molecule has 1 aromatic carbocycles. The number of rotatable bonds is 7. The average Bonchev–Trinajstić information content (AvgIpc) is 2.68. The number of ether oxygens (including phenoxy) is 1. The van der Waals surface area contributed by atoms with Gasteiger partial charge in [-0.15, -0.1) is 0 Å². The third kappa shape index (κ3) is 6.25. The minimum absolute atomic E-state index is 0.0111. The Hall–Kier alpha value is -1.00. The van der Waals surface area contributed by atoms with E-state index in [4.69, 9.17) is 4.74 Å². The van der Waals surface area contributed by atoms with Crippen LogP contribution in [0.2, 0.25) is 0 Å². The summed E-state index contributed by atoms with van der Waals surface area (Å²) in [4.78, 5) is 14.7. The van der Waals surface area contributed by atoms with E-state index in [1.54, 1.807) is 0 Å². The Balaban J connectivity index is 1.42. The van der Waals surface area contributed by atoms with Crippen LogP contribution in [0.4, 0.5) is 0 Å². The third-order valence-electron chi connectivity index (χ3n) is 5.29. The van der Waals surface area contributed by atoms with E-state index in [0.29, 0.717) is 32.5 Å². The molecule has 1 amide bonds. The highest BCUT2D eigenvalue weighted by Crippen LogP contribution is 2.22. The number of halogens is 1. The predicted molar refractivity (Wildman–Crippen MR) is 111 cm³/mol. The SMILES string of the molecule is O=C(NCCN1CCOCC1)C1CCN(S(=O)(=O)Cc2cccc(Br)c2)CC1. The average molecular weight is 474 g/mol. The second-order valence-corrected chi connectivity index (χ2v) is 10.2. The highest BCUT2D eigenvalue weighted by Gasteiger charge is 2.31. The molecule has 2 heterocycles. The normalized spacial score (nSPS) is 20.2. The number of piperidine rings is 1. The lowest BCUT2D eigenvalue weighted by atomic mass is 9.97. The largest absolute Gasteiger partial charge is 0.379 e. The van der Waals surface area contributed by atoms with Gasteiger partial charge in [0.1, 0.15) is 0 Å². The first kappa shape index (κ1) is 21.7. The molecule has 7 nitrogen and oxygen atoms in total. The molecule has 0 radical (unpaired) electrons. The van der Waals surface area contributed by atoms with E-state index in [2.05, 4.69) is 26.1 Å². The van der Waals surface area contributed by atoms with Crippen LogP contribution in [0.3, 0.4) is 0 Å². The molecule has 28 heavy (non-hydrogen) atoms. The second kappa shape index (κ2) is 10.2. The summed E-state index contributed by atoms with van der Waals surface area (Å²) in [6.07, 6.45) is 1.14. The quantitative estimate of drug-likeness (QED) is 0.647. The summed E-state index contributed by atoms with van der Waals surface area (Å²) in [6, 6.07) is 7.35. The molecule has 1 aromatic rings. The first-order chi connectivity index (χ1) is 13.4. The maximum absolute atomic E-state index is 12.7. The van der Waals surface area contributed by atoms with Crippen molar-refractivity contribution in [3.05, 3.63) is 34.3 Å². The maximum atomic E-state index is 12.7. The number of sulfonamides is 1. The molecule has 0 bridgehead atoms. The van der Waals surface area contributed by atoms with Gasteiger partial charge in [0.25, 0.3) is 0 Å². The van der Waals surface area contributed by atoms with Gasteiger partial charge in [0.05, 0.1) is 19.0 Å². The fourth-order valence-corrected chi connectivity index (χ4v) is 5.63. The summed E-state index contributed by atoms with van der Waals surface area (Å²) in [5, 5.41) is 3.00. The van der Waals surface area contributed by atoms with Gasteiger partial charge in [-0.2, -0.15) is 0 Å². The Morgan fingerprint density at radius 2 is 1.89 bits per heavy atom. The van der Waals surface area contributed by atoms with Gasteiger partial charge in [-0.1, -0.05) is 28.1 Å². The van der Waals surface area contributed by atoms with Crippen molar-refractivity contribution in [1.82, 2.24) is 14.5 Å². The predicted octanol–water partition coefficient (Wildman–Crippen LogP) is 1.44. The summed E-state index contributed by atoms with van der Waals surface area (Å²) in [6.45, 7) is 5.57. The van der Waals surface area contributed by atoms with Crippen molar-refractivity contribution in [2.45, 2.75) is 18.6 Å². The number of morpholine rings is 1. The van der Waals surface area contributed by atoms with Gasteiger partial charge in [-0.25, -0.2) is 12.7 Å². The van der Waals surface area contributed by atoms with Crippen LogP contribution in [0.15, 0.2) is 28.7 Å². The smallest absolute Gasteiger partial charge is 0.223 e. The maximum Gasteiger partial charge on any atom is 0.223 e. The van der Waals surface area contributed by atoms with Crippen LogP contribution >= 0.6 is 15.9 Å². The minimum atomic E-state index is -3.37. The van der Waals surface area contributed by atoms with E-state index >= 15 is 0 Å². The Labute approximate surface area is 175 Å². The molecular formula is C19H28BrN3O4S. The lowest BCUT2D eigenvalue weighted by Crippen LogP contribution is -2.45. The van der Waals surface area contributed by atoms with Crippen molar-refractivity contribution >= 4 is 31.9 Å². The van der Waals surface area contributed by atoms with Crippen molar-refractivity contribution in [2.24, 2.45) is 5.92 Å². The molecule has 9 heteroatoms. The van der Waals surface area contributed by atoms with Crippen molar-refractivity contribution < 1.29 is 17.9 Å². The van der Waals surface area contributed by atoms with E-state index in [0.717, 1.165) is 42.9 Å². The molecule has 0 spiro atoms. The Morgan fingerprint density at radius 3 is 2.57 bits per heavy atom. The van der Waals surface area contributed by atoms with Crippen LogP contribution in [-0.4, -0.2) is 76.0 Å².